The molecule has 1 aromatic carbocycles. The molecule has 126 valence electrons. The van der Waals surface area contributed by atoms with Crippen LogP contribution in [-0.2, 0) is 11.2 Å². The van der Waals surface area contributed by atoms with Crippen molar-refractivity contribution < 1.29 is 9.72 Å². The largest absolute Gasteiger partial charge is 0.379 e. The molecule has 2 rings (SSSR count). The van der Waals surface area contributed by atoms with Crippen molar-refractivity contribution in [3.63, 3.8) is 0 Å². The smallest absolute Gasteiger partial charge is 0.292 e. The highest BCUT2D eigenvalue weighted by Gasteiger charge is 2.13. The number of aromatic nitrogens is 1. The number of nitrogens with zero attached hydrogens (tertiary/aromatic N) is 3. The van der Waals surface area contributed by atoms with Gasteiger partial charge in [0.15, 0.2) is 0 Å². The van der Waals surface area contributed by atoms with Crippen molar-refractivity contribution in [3.8, 4) is 0 Å². The fourth-order valence-corrected chi connectivity index (χ4v) is 2.23. The lowest BCUT2D eigenvalue weighted by Crippen LogP contribution is -2.30. The van der Waals surface area contributed by atoms with E-state index in [9.17, 15) is 14.9 Å². The summed E-state index contributed by atoms with van der Waals surface area (Å²) in [5, 5.41) is 13.9. The van der Waals surface area contributed by atoms with Crippen LogP contribution in [0.25, 0.3) is 0 Å². The number of likely N-dealkylation sites (N-methyl/N-ethyl adjacent to an activating group) is 1. The number of hydrogen-bond acceptors (Lipinski definition) is 5. The Morgan fingerprint density at radius 2 is 2.00 bits per heavy atom. The number of pyridine rings is 1. The topological polar surface area (TPSA) is 88.4 Å². The molecule has 0 radical (unpaired) electrons. The van der Waals surface area contributed by atoms with Gasteiger partial charge in [0.25, 0.3) is 5.69 Å². The van der Waals surface area contributed by atoms with Crippen LogP contribution in [0.5, 0.6) is 0 Å². The van der Waals surface area contributed by atoms with Gasteiger partial charge in [-0.05, 0) is 18.2 Å². The number of nitro groups is 1. The Hall–Kier alpha value is -2.96. The zero-order valence-corrected chi connectivity index (χ0v) is 13.5. The first-order valence-electron chi connectivity index (χ1n) is 7.69. The van der Waals surface area contributed by atoms with Crippen molar-refractivity contribution in [3.05, 3.63) is 64.5 Å². The number of benzene rings is 1. The number of carbonyl (C=O) groups excluding carboxylic acids is 1. The summed E-state index contributed by atoms with van der Waals surface area (Å²) in [5.74, 6) is -0.0167. The van der Waals surface area contributed by atoms with Crippen LogP contribution in [0.1, 0.15) is 12.1 Å². The molecule has 0 saturated heterocycles. The van der Waals surface area contributed by atoms with E-state index in [0.717, 1.165) is 5.69 Å². The van der Waals surface area contributed by atoms with Crippen LogP contribution in [0.2, 0.25) is 0 Å². The van der Waals surface area contributed by atoms with E-state index in [-0.39, 0.29) is 18.0 Å². The molecular formula is C17H20N4O3. The van der Waals surface area contributed by atoms with E-state index in [2.05, 4.69) is 10.3 Å². The Labute approximate surface area is 140 Å². The third-order valence-corrected chi connectivity index (χ3v) is 3.61. The van der Waals surface area contributed by atoms with Gasteiger partial charge in [-0.2, -0.15) is 0 Å². The van der Waals surface area contributed by atoms with Crippen LogP contribution in [0.4, 0.5) is 11.4 Å². The normalized spacial score (nSPS) is 10.2. The lowest BCUT2D eigenvalue weighted by Gasteiger charge is -2.17. The van der Waals surface area contributed by atoms with Gasteiger partial charge < -0.3 is 10.2 Å². The number of nitrogens with one attached hydrogen (secondary N) is 1. The van der Waals surface area contributed by atoms with E-state index < -0.39 is 4.92 Å². The van der Waals surface area contributed by atoms with Gasteiger partial charge in [-0.15, -0.1) is 0 Å². The summed E-state index contributed by atoms with van der Waals surface area (Å²) in [6, 6.07) is 12.1. The molecule has 24 heavy (non-hydrogen) atoms. The molecule has 0 aliphatic rings. The van der Waals surface area contributed by atoms with Gasteiger partial charge in [-0.25, -0.2) is 0 Å². The molecule has 7 nitrogen and oxygen atoms in total. The molecule has 1 amide bonds. The Morgan fingerprint density at radius 1 is 1.25 bits per heavy atom. The summed E-state index contributed by atoms with van der Waals surface area (Å²) in [7, 11) is 1.75. The lowest BCUT2D eigenvalue weighted by molar-refractivity contribution is -0.384. The molecule has 1 N–H and O–H groups in total. The van der Waals surface area contributed by atoms with E-state index >= 15 is 0 Å². The van der Waals surface area contributed by atoms with E-state index in [1.807, 2.05) is 18.2 Å². The monoisotopic (exact) mass is 328 g/mol. The van der Waals surface area contributed by atoms with Gasteiger partial charge in [0, 0.05) is 50.9 Å². The second-order valence-electron chi connectivity index (χ2n) is 5.34. The SMILES string of the molecule is CN(CCc1ccccn1)C(=O)CCNc1ccccc1[N+](=O)[O-]. The standard InChI is InChI=1S/C17H20N4O3/c1-20(13-10-14-6-4-5-11-18-14)17(22)9-12-19-15-7-2-3-8-16(15)21(23)24/h2-8,11,19H,9-10,12-13H2,1H3. The molecule has 2 aromatic rings. The average molecular weight is 328 g/mol. The predicted molar refractivity (Wildman–Crippen MR) is 91.8 cm³/mol. The molecule has 0 unspecified atom stereocenters. The fraction of sp³-hybridized carbons (Fsp3) is 0.294. The zero-order chi connectivity index (χ0) is 17.4. The van der Waals surface area contributed by atoms with E-state index in [1.165, 1.54) is 6.07 Å². The third kappa shape index (κ3) is 5.05. The first-order chi connectivity index (χ1) is 11.6. The second-order valence-corrected chi connectivity index (χ2v) is 5.34. The highest BCUT2D eigenvalue weighted by Crippen LogP contribution is 2.22. The van der Waals surface area contributed by atoms with Crippen LogP contribution < -0.4 is 5.32 Å². The quantitative estimate of drug-likeness (QED) is 0.594. The molecular weight excluding hydrogens is 308 g/mol. The number of hydrogen-bond donors (Lipinski definition) is 1. The lowest BCUT2D eigenvalue weighted by atomic mass is 10.2. The molecule has 0 fully saturated rings. The summed E-state index contributed by atoms with van der Waals surface area (Å²) < 4.78 is 0. The summed E-state index contributed by atoms with van der Waals surface area (Å²) in [5.41, 5.74) is 1.37. The molecule has 1 heterocycles. The molecule has 0 bridgehead atoms. The Balaban J connectivity index is 1.77. The number of rotatable bonds is 8. The van der Waals surface area contributed by atoms with Crippen molar-refractivity contribution >= 4 is 17.3 Å². The minimum absolute atomic E-state index is 0.00783. The first kappa shape index (κ1) is 17.4. The summed E-state index contributed by atoms with van der Waals surface area (Å²) in [6.45, 7) is 0.930. The summed E-state index contributed by atoms with van der Waals surface area (Å²) in [6.07, 6.45) is 2.69. The molecule has 0 atom stereocenters. The number of nitro benzene ring substituents is 1. The maximum atomic E-state index is 12.1. The van der Waals surface area contributed by atoms with Crippen molar-refractivity contribution in [2.75, 3.05) is 25.5 Å². The van der Waals surface area contributed by atoms with Crippen molar-refractivity contribution in [1.29, 1.82) is 0 Å². The Morgan fingerprint density at radius 3 is 2.71 bits per heavy atom. The predicted octanol–water partition coefficient (Wildman–Crippen LogP) is 2.49. The van der Waals surface area contributed by atoms with Crippen molar-refractivity contribution in [2.45, 2.75) is 12.8 Å². The van der Waals surface area contributed by atoms with Crippen molar-refractivity contribution in [2.24, 2.45) is 0 Å². The first-order valence-corrected chi connectivity index (χ1v) is 7.69. The highest BCUT2D eigenvalue weighted by molar-refractivity contribution is 5.76. The van der Waals surface area contributed by atoms with Crippen LogP contribution in [0, 0.1) is 10.1 Å². The zero-order valence-electron chi connectivity index (χ0n) is 13.5. The van der Waals surface area contributed by atoms with Gasteiger partial charge in [-0.1, -0.05) is 18.2 Å². The van der Waals surface area contributed by atoms with Gasteiger partial charge in [0.1, 0.15) is 5.69 Å². The number of amides is 1. The van der Waals surface area contributed by atoms with Crippen LogP contribution in [0.3, 0.4) is 0 Å². The van der Waals surface area contributed by atoms with Crippen LogP contribution in [-0.4, -0.2) is 40.9 Å². The van der Waals surface area contributed by atoms with Crippen molar-refractivity contribution in [1.82, 2.24) is 9.88 Å². The Kier molecular flexibility index (Phi) is 6.24. The molecule has 0 aliphatic carbocycles. The van der Waals surface area contributed by atoms with E-state index in [1.54, 1.807) is 36.3 Å². The van der Waals surface area contributed by atoms with E-state index in [0.29, 0.717) is 25.2 Å². The van der Waals surface area contributed by atoms with Crippen LogP contribution in [0.15, 0.2) is 48.7 Å². The molecule has 0 spiro atoms. The number of anilines is 1. The maximum absolute atomic E-state index is 12.1. The fourth-order valence-electron chi connectivity index (χ4n) is 2.23. The third-order valence-electron chi connectivity index (χ3n) is 3.61. The van der Waals surface area contributed by atoms with Gasteiger partial charge in [0.2, 0.25) is 5.91 Å². The van der Waals surface area contributed by atoms with E-state index in [4.69, 9.17) is 0 Å². The average Bonchev–Trinajstić information content (AvgIpc) is 2.60. The molecule has 0 saturated carbocycles. The maximum Gasteiger partial charge on any atom is 0.292 e. The summed E-state index contributed by atoms with van der Waals surface area (Å²) in [4.78, 5) is 28.5. The second kappa shape index (κ2) is 8.61. The molecule has 1 aromatic heterocycles. The number of carbonyl (C=O) groups is 1. The van der Waals surface area contributed by atoms with Crippen LogP contribution >= 0.6 is 0 Å². The minimum Gasteiger partial charge on any atom is -0.379 e. The minimum atomic E-state index is -0.441. The van der Waals surface area contributed by atoms with Gasteiger partial charge in [0.05, 0.1) is 4.92 Å². The Bertz CT molecular complexity index is 691. The van der Waals surface area contributed by atoms with Gasteiger partial charge in [-0.3, -0.25) is 19.9 Å². The molecule has 0 aliphatic heterocycles. The molecule has 7 heteroatoms. The summed E-state index contributed by atoms with van der Waals surface area (Å²) >= 11 is 0. The highest BCUT2D eigenvalue weighted by atomic mass is 16.6. The number of para-hydroxylation sites is 2. The van der Waals surface area contributed by atoms with Gasteiger partial charge >= 0.3 is 0 Å².